The molecule has 2 heterocycles. The second-order valence-corrected chi connectivity index (χ2v) is 9.92. The van der Waals surface area contributed by atoms with Crippen LogP contribution in [-0.4, -0.2) is 31.8 Å². The number of primary amides is 1. The van der Waals surface area contributed by atoms with E-state index >= 15 is 0 Å². The molecule has 0 spiro atoms. The van der Waals surface area contributed by atoms with Gasteiger partial charge in [0.1, 0.15) is 5.00 Å². The predicted octanol–water partition coefficient (Wildman–Crippen LogP) is 5.18. The number of nitrogens with one attached hydrogen (secondary N) is 1. The van der Waals surface area contributed by atoms with E-state index in [4.69, 9.17) is 17.3 Å². The Kier molecular flexibility index (Phi) is 6.83. The van der Waals surface area contributed by atoms with Crippen LogP contribution in [0.4, 0.5) is 5.00 Å². The predicted molar refractivity (Wildman–Crippen MR) is 133 cm³/mol. The summed E-state index contributed by atoms with van der Waals surface area (Å²) in [5, 5.41) is 14.4. The Morgan fingerprint density at radius 3 is 2.45 bits per heavy atom. The Hall–Kier alpha value is -3.14. The standard InChI is InChI=1S/C23H20ClN5O2S2/c1-13-3-5-15(6-4-13)20-27-28-23(29(20)17-9-7-16(24)8-10-17)33-14(2)21(31)26-22-18(19(25)30)11-12-32-22/h3-12,14H,1-2H3,(H2,25,30)(H,26,31). The summed E-state index contributed by atoms with van der Waals surface area (Å²) in [7, 11) is 0. The highest BCUT2D eigenvalue weighted by Gasteiger charge is 2.23. The molecule has 10 heteroatoms. The van der Waals surface area contributed by atoms with Crippen molar-refractivity contribution in [2.75, 3.05) is 5.32 Å². The topological polar surface area (TPSA) is 103 Å². The van der Waals surface area contributed by atoms with Crippen LogP contribution in [0.15, 0.2) is 65.1 Å². The molecule has 4 aromatic rings. The first-order valence-corrected chi connectivity index (χ1v) is 12.1. The van der Waals surface area contributed by atoms with Crippen molar-refractivity contribution in [2.45, 2.75) is 24.3 Å². The molecule has 4 rings (SSSR count). The molecular weight excluding hydrogens is 478 g/mol. The smallest absolute Gasteiger partial charge is 0.251 e. The van der Waals surface area contributed by atoms with E-state index in [0.717, 1.165) is 16.8 Å². The number of carbonyl (C=O) groups is 2. The summed E-state index contributed by atoms with van der Waals surface area (Å²) >= 11 is 8.60. The zero-order chi connectivity index (χ0) is 23.5. The lowest BCUT2D eigenvalue weighted by Gasteiger charge is -2.14. The highest BCUT2D eigenvalue weighted by molar-refractivity contribution is 8.00. The monoisotopic (exact) mass is 497 g/mol. The minimum absolute atomic E-state index is 0.271. The van der Waals surface area contributed by atoms with Gasteiger partial charge in [0, 0.05) is 16.3 Å². The second-order valence-electron chi connectivity index (χ2n) is 7.26. The summed E-state index contributed by atoms with van der Waals surface area (Å²) in [5.41, 5.74) is 8.53. The number of aromatic nitrogens is 3. The number of hydrogen-bond acceptors (Lipinski definition) is 6. The molecule has 0 saturated heterocycles. The van der Waals surface area contributed by atoms with Gasteiger partial charge in [-0.1, -0.05) is 53.2 Å². The number of nitrogens with two attached hydrogens (primary N) is 1. The molecule has 0 aliphatic carbocycles. The number of rotatable bonds is 7. The maximum absolute atomic E-state index is 12.8. The number of carbonyl (C=O) groups excluding carboxylic acids is 2. The van der Waals surface area contributed by atoms with Crippen LogP contribution in [0.3, 0.4) is 0 Å². The first-order chi connectivity index (χ1) is 15.8. The van der Waals surface area contributed by atoms with E-state index in [1.807, 2.05) is 47.9 Å². The first kappa shape index (κ1) is 23.0. The molecule has 0 bridgehead atoms. The molecule has 168 valence electrons. The number of amides is 2. The molecule has 0 radical (unpaired) electrons. The van der Waals surface area contributed by atoms with E-state index in [1.54, 1.807) is 30.5 Å². The molecule has 2 aromatic heterocycles. The fourth-order valence-corrected chi connectivity index (χ4v) is 4.87. The Morgan fingerprint density at radius 2 is 1.79 bits per heavy atom. The highest BCUT2D eigenvalue weighted by atomic mass is 35.5. The molecule has 2 amide bonds. The third kappa shape index (κ3) is 5.11. The molecule has 1 atom stereocenters. The van der Waals surface area contributed by atoms with Crippen molar-refractivity contribution in [3.8, 4) is 17.1 Å². The van der Waals surface area contributed by atoms with Crippen LogP contribution in [0.25, 0.3) is 17.1 Å². The SMILES string of the molecule is Cc1ccc(-c2nnc(SC(C)C(=O)Nc3sccc3C(N)=O)n2-c2ccc(Cl)cc2)cc1. The summed E-state index contributed by atoms with van der Waals surface area (Å²) in [5.74, 6) is -0.203. The number of aryl methyl sites for hydroxylation is 1. The Morgan fingerprint density at radius 1 is 1.09 bits per heavy atom. The van der Waals surface area contributed by atoms with Crippen LogP contribution in [-0.2, 0) is 4.79 Å². The van der Waals surface area contributed by atoms with Crippen LogP contribution in [0.1, 0.15) is 22.8 Å². The van der Waals surface area contributed by atoms with E-state index in [-0.39, 0.29) is 11.5 Å². The largest absolute Gasteiger partial charge is 0.366 e. The Bertz CT molecular complexity index is 1300. The maximum Gasteiger partial charge on any atom is 0.251 e. The number of hydrogen-bond donors (Lipinski definition) is 2. The van der Waals surface area contributed by atoms with Gasteiger partial charge in [-0.2, -0.15) is 0 Å². The molecule has 2 aromatic carbocycles. The average molecular weight is 498 g/mol. The van der Waals surface area contributed by atoms with Crippen molar-refractivity contribution in [1.82, 2.24) is 14.8 Å². The third-order valence-electron chi connectivity index (χ3n) is 4.85. The number of thioether (sulfide) groups is 1. The molecule has 3 N–H and O–H groups in total. The van der Waals surface area contributed by atoms with E-state index < -0.39 is 11.2 Å². The fraction of sp³-hybridized carbons (Fsp3) is 0.130. The Balaban J connectivity index is 1.65. The van der Waals surface area contributed by atoms with Gasteiger partial charge in [0.2, 0.25) is 5.91 Å². The van der Waals surface area contributed by atoms with Gasteiger partial charge in [-0.25, -0.2) is 0 Å². The number of benzene rings is 2. The van der Waals surface area contributed by atoms with E-state index in [2.05, 4.69) is 15.5 Å². The molecule has 1 unspecified atom stereocenters. The van der Waals surface area contributed by atoms with Crippen LogP contribution in [0.2, 0.25) is 5.02 Å². The lowest BCUT2D eigenvalue weighted by Crippen LogP contribution is -2.24. The number of thiophene rings is 1. The van der Waals surface area contributed by atoms with Gasteiger partial charge in [0.15, 0.2) is 11.0 Å². The van der Waals surface area contributed by atoms with Gasteiger partial charge in [0.05, 0.1) is 10.8 Å². The second kappa shape index (κ2) is 9.78. The van der Waals surface area contributed by atoms with Crippen molar-refractivity contribution in [2.24, 2.45) is 5.73 Å². The quantitative estimate of drug-likeness (QED) is 0.342. The fourth-order valence-electron chi connectivity index (χ4n) is 3.08. The van der Waals surface area contributed by atoms with Gasteiger partial charge >= 0.3 is 0 Å². The zero-order valence-corrected chi connectivity index (χ0v) is 20.2. The van der Waals surface area contributed by atoms with Crippen LogP contribution in [0.5, 0.6) is 0 Å². The van der Waals surface area contributed by atoms with Gasteiger partial charge in [-0.15, -0.1) is 21.5 Å². The van der Waals surface area contributed by atoms with Gasteiger partial charge in [-0.05, 0) is 49.6 Å². The van der Waals surface area contributed by atoms with Crippen molar-refractivity contribution >= 4 is 51.5 Å². The van der Waals surface area contributed by atoms with E-state index in [1.165, 1.54) is 23.1 Å². The molecule has 0 aliphatic heterocycles. The summed E-state index contributed by atoms with van der Waals surface area (Å²) in [6, 6.07) is 16.9. The van der Waals surface area contributed by atoms with E-state index in [9.17, 15) is 9.59 Å². The molecule has 0 aliphatic rings. The van der Waals surface area contributed by atoms with Crippen molar-refractivity contribution in [3.63, 3.8) is 0 Å². The van der Waals surface area contributed by atoms with Crippen molar-refractivity contribution in [1.29, 1.82) is 0 Å². The van der Waals surface area contributed by atoms with Crippen LogP contribution >= 0.6 is 34.7 Å². The first-order valence-electron chi connectivity index (χ1n) is 9.96. The van der Waals surface area contributed by atoms with Gasteiger partial charge < -0.3 is 11.1 Å². The van der Waals surface area contributed by atoms with Crippen LogP contribution < -0.4 is 11.1 Å². The van der Waals surface area contributed by atoms with E-state index in [0.29, 0.717) is 21.0 Å². The lowest BCUT2D eigenvalue weighted by molar-refractivity contribution is -0.115. The highest BCUT2D eigenvalue weighted by Crippen LogP contribution is 2.32. The minimum atomic E-state index is -0.586. The zero-order valence-electron chi connectivity index (χ0n) is 17.8. The minimum Gasteiger partial charge on any atom is -0.366 e. The maximum atomic E-state index is 12.8. The molecule has 33 heavy (non-hydrogen) atoms. The molecule has 7 nitrogen and oxygen atoms in total. The molecule has 0 fully saturated rings. The van der Waals surface area contributed by atoms with Crippen LogP contribution in [0, 0.1) is 6.92 Å². The summed E-state index contributed by atoms with van der Waals surface area (Å²) in [6.45, 7) is 3.79. The number of halogens is 1. The number of nitrogens with zero attached hydrogens (tertiary/aromatic N) is 3. The molecule has 0 saturated carbocycles. The van der Waals surface area contributed by atoms with Gasteiger partial charge in [0.25, 0.3) is 5.91 Å². The Labute approximate surface area is 204 Å². The normalized spacial score (nSPS) is 11.8. The summed E-state index contributed by atoms with van der Waals surface area (Å²) in [6.07, 6.45) is 0. The summed E-state index contributed by atoms with van der Waals surface area (Å²) in [4.78, 5) is 24.4. The average Bonchev–Trinajstić information content (AvgIpc) is 3.42. The third-order valence-corrected chi connectivity index (χ3v) is 6.97. The summed E-state index contributed by atoms with van der Waals surface area (Å²) < 4.78 is 1.90. The number of anilines is 1. The van der Waals surface area contributed by atoms with Gasteiger partial charge in [-0.3, -0.25) is 14.2 Å². The molecular formula is C23H20ClN5O2S2. The lowest BCUT2D eigenvalue weighted by atomic mass is 10.1. The van der Waals surface area contributed by atoms with Crippen molar-refractivity contribution < 1.29 is 9.59 Å². The van der Waals surface area contributed by atoms with Crippen molar-refractivity contribution in [3.05, 3.63) is 76.1 Å².